The summed E-state index contributed by atoms with van der Waals surface area (Å²) in [6.45, 7) is 2.49. The first-order valence-electron chi connectivity index (χ1n) is 10.1. The number of aromatic amines is 1. The summed E-state index contributed by atoms with van der Waals surface area (Å²) < 4.78 is 27.3. The Morgan fingerprint density at radius 1 is 1.13 bits per heavy atom. The maximum atomic E-state index is 12.9. The van der Waals surface area contributed by atoms with Crippen molar-refractivity contribution in [1.29, 1.82) is 0 Å². The second-order valence-electron chi connectivity index (χ2n) is 7.68. The highest BCUT2D eigenvalue weighted by atomic mass is 32.2. The number of hydrogen-bond donors (Lipinski definition) is 2. The number of nitrogens with one attached hydrogen (secondary N) is 2. The van der Waals surface area contributed by atoms with E-state index in [1.807, 2.05) is 37.5 Å². The van der Waals surface area contributed by atoms with Crippen LogP contribution < -0.4 is 5.32 Å². The van der Waals surface area contributed by atoms with Crippen LogP contribution in [0.5, 0.6) is 0 Å². The Morgan fingerprint density at radius 3 is 2.61 bits per heavy atom. The van der Waals surface area contributed by atoms with Gasteiger partial charge in [0.2, 0.25) is 10.0 Å². The molecule has 0 unspecified atom stereocenters. The molecule has 0 aliphatic carbocycles. The molecule has 1 aliphatic rings. The van der Waals surface area contributed by atoms with Gasteiger partial charge in [0, 0.05) is 55.9 Å². The molecule has 164 valence electrons. The number of rotatable bonds is 7. The van der Waals surface area contributed by atoms with Gasteiger partial charge in [-0.15, -0.1) is 0 Å². The first kappa shape index (κ1) is 21.3. The van der Waals surface area contributed by atoms with Crippen LogP contribution in [0, 0.1) is 10.1 Å². The van der Waals surface area contributed by atoms with Crippen LogP contribution in [0.15, 0.2) is 53.6 Å². The van der Waals surface area contributed by atoms with Crippen molar-refractivity contribution in [3.63, 3.8) is 0 Å². The Kier molecular flexibility index (Phi) is 5.94. The molecule has 31 heavy (non-hydrogen) atoms. The SMILES string of the molecule is CN1CCN(S(=O)(=O)c2ccc(NCCc3c[nH]c4ccccc34)c([N+](=O)[O-])c2)CC1. The van der Waals surface area contributed by atoms with Crippen LogP contribution in [0.4, 0.5) is 11.4 Å². The quantitative estimate of drug-likeness (QED) is 0.429. The second-order valence-corrected chi connectivity index (χ2v) is 9.62. The van der Waals surface area contributed by atoms with Gasteiger partial charge in [-0.1, -0.05) is 18.2 Å². The number of nitro benzene ring substituents is 1. The van der Waals surface area contributed by atoms with E-state index < -0.39 is 14.9 Å². The van der Waals surface area contributed by atoms with E-state index in [-0.39, 0.29) is 10.6 Å². The summed E-state index contributed by atoms with van der Waals surface area (Å²) in [6.07, 6.45) is 2.61. The van der Waals surface area contributed by atoms with Crippen LogP contribution in [0.2, 0.25) is 0 Å². The first-order chi connectivity index (χ1) is 14.9. The van der Waals surface area contributed by atoms with Crippen molar-refractivity contribution in [3.8, 4) is 0 Å². The van der Waals surface area contributed by atoms with E-state index in [1.54, 1.807) is 0 Å². The van der Waals surface area contributed by atoms with Gasteiger partial charge in [0.1, 0.15) is 5.69 Å². The highest BCUT2D eigenvalue weighted by Crippen LogP contribution is 2.29. The largest absolute Gasteiger partial charge is 0.379 e. The zero-order valence-corrected chi connectivity index (χ0v) is 18.1. The third kappa shape index (κ3) is 4.41. The van der Waals surface area contributed by atoms with Gasteiger partial charge in [0.15, 0.2) is 0 Å². The topological polar surface area (TPSA) is 112 Å². The Morgan fingerprint density at radius 2 is 1.87 bits per heavy atom. The summed E-state index contributed by atoms with van der Waals surface area (Å²) in [5.41, 5.74) is 2.22. The van der Waals surface area contributed by atoms with Gasteiger partial charge in [-0.2, -0.15) is 4.31 Å². The number of sulfonamides is 1. The lowest BCUT2D eigenvalue weighted by molar-refractivity contribution is -0.384. The van der Waals surface area contributed by atoms with Gasteiger partial charge < -0.3 is 15.2 Å². The lowest BCUT2D eigenvalue weighted by Gasteiger charge is -2.31. The summed E-state index contributed by atoms with van der Waals surface area (Å²) in [5.74, 6) is 0. The fourth-order valence-electron chi connectivity index (χ4n) is 3.82. The number of H-pyrrole nitrogens is 1. The Labute approximate surface area is 180 Å². The average molecular weight is 444 g/mol. The van der Waals surface area contributed by atoms with Gasteiger partial charge in [0.05, 0.1) is 9.82 Å². The maximum Gasteiger partial charge on any atom is 0.293 e. The van der Waals surface area contributed by atoms with Crippen molar-refractivity contribution < 1.29 is 13.3 Å². The van der Waals surface area contributed by atoms with Gasteiger partial charge in [-0.05, 0) is 37.2 Å². The Balaban J connectivity index is 1.50. The molecular formula is C21H25N5O4S. The number of likely N-dealkylation sites (N-methyl/N-ethyl adjacent to an activating group) is 1. The fourth-order valence-corrected chi connectivity index (χ4v) is 5.26. The Hall–Kier alpha value is -2.95. The van der Waals surface area contributed by atoms with E-state index in [0.29, 0.717) is 44.8 Å². The Bertz CT molecular complexity index is 1200. The maximum absolute atomic E-state index is 12.9. The van der Waals surface area contributed by atoms with Gasteiger partial charge in [-0.3, -0.25) is 10.1 Å². The summed E-state index contributed by atoms with van der Waals surface area (Å²) in [7, 11) is -1.83. The van der Waals surface area contributed by atoms with E-state index in [1.165, 1.54) is 16.4 Å². The molecule has 0 amide bonds. The van der Waals surface area contributed by atoms with Crippen molar-refractivity contribution in [1.82, 2.24) is 14.2 Å². The van der Waals surface area contributed by atoms with Gasteiger partial charge in [0.25, 0.3) is 5.69 Å². The molecule has 2 N–H and O–H groups in total. The van der Waals surface area contributed by atoms with E-state index in [9.17, 15) is 18.5 Å². The molecule has 2 aromatic carbocycles. The number of hydrogen-bond acceptors (Lipinski definition) is 6. The summed E-state index contributed by atoms with van der Waals surface area (Å²) >= 11 is 0. The number of nitro groups is 1. The lowest BCUT2D eigenvalue weighted by atomic mass is 10.1. The predicted molar refractivity (Wildman–Crippen MR) is 120 cm³/mol. The lowest BCUT2D eigenvalue weighted by Crippen LogP contribution is -2.47. The zero-order chi connectivity index (χ0) is 22.0. The number of anilines is 1. The van der Waals surface area contributed by atoms with Crippen molar-refractivity contribution in [2.45, 2.75) is 11.3 Å². The van der Waals surface area contributed by atoms with Gasteiger partial charge in [-0.25, -0.2) is 8.42 Å². The zero-order valence-electron chi connectivity index (χ0n) is 17.2. The van der Waals surface area contributed by atoms with Crippen molar-refractivity contribution in [3.05, 3.63) is 64.3 Å². The molecule has 0 saturated carbocycles. The van der Waals surface area contributed by atoms with Crippen LogP contribution in [-0.2, 0) is 16.4 Å². The summed E-state index contributed by atoms with van der Waals surface area (Å²) in [4.78, 5) is 16.3. The summed E-state index contributed by atoms with van der Waals surface area (Å²) in [5, 5.41) is 15.8. The molecule has 2 heterocycles. The van der Waals surface area contributed by atoms with Crippen LogP contribution in [0.25, 0.3) is 10.9 Å². The van der Waals surface area contributed by atoms with E-state index in [2.05, 4.69) is 15.2 Å². The number of benzene rings is 2. The molecule has 0 atom stereocenters. The normalized spacial score (nSPS) is 15.9. The van der Waals surface area contributed by atoms with Crippen molar-refractivity contribution in [2.24, 2.45) is 0 Å². The molecule has 0 spiro atoms. The fraction of sp³-hybridized carbons (Fsp3) is 0.333. The molecule has 10 heteroatoms. The van der Waals surface area contributed by atoms with Crippen LogP contribution in [-0.4, -0.2) is 67.3 Å². The smallest absolute Gasteiger partial charge is 0.293 e. The first-order valence-corrected chi connectivity index (χ1v) is 11.6. The monoisotopic (exact) mass is 443 g/mol. The van der Waals surface area contributed by atoms with Crippen molar-refractivity contribution >= 4 is 32.3 Å². The third-order valence-electron chi connectivity index (χ3n) is 5.65. The molecule has 3 aromatic rings. The number of fused-ring (bicyclic) bond motifs is 1. The van der Waals surface area contributed by atoms with Crippen LogP contribution >= 0.6 is 0 Å². The molecule has 0 radical (unpaired) electrons. The van der Waals surface area contributed by atoms with Gasteiger partial charge >= 0.3 is 0 Å². The highest BCUT2D eigenvalue weighted by Gasteiger charge is 2.29. The number of nitrogens with zero attached hydrogens (tertiary/aromatic N) is 3. The van der Waals surface area contributed by atoms with Crippen LogP contribution in [0.1, 0.15) is 5.56 Å². The molecule has 4 rings (SSSR count). The number of aromatic nitrogens is 1. The van der Waals surface area contributed by atoms with E-state index >= 15 is 0 Å². The van der Waals surface area contributed by atoms with Crippen molar-refractivity contribution in [2.75, 3.05) is 45.1 Å². The van der Waals surface area contributed by atoms with Crippen LogP contribution in [0.3, 0.4) is 0 Å². The molecule has 1 fully saturated rings. The second kappa shape index (κ2) is 8.66. The molecule has 1 aromatic heterocycles. The summed E-state index contributed by atoms with van der Waals surface area (Å²) in [6, 6.07) is 12.0. The number of piperazine rings is 1. The number of para-hydroxylation sites is 1. The third-order valence-corrected chi connectivity index (χ3v) is 7.55. The minimum absolute atomic E-state index is 0.0501. The standard InChI is InChI=1S/C21H25N5O4S/c1-24-10-12-25(13-11-24)31(29,30)17-6-7-20(21(14-17)26(27)28)22-9-8-16-15-23-19-5-3-2-4-18(16)19/h2-7,14-15,22-23H,8-13H2,1H3. The molecule has 0 bridgehead atoms. The average Bonchev–Trinajstić information content (AvgIpc) is 3.17. The molecular weight excluding hydrogens is 418 g/mol. The molecule has 1 aliphatic heterocycles. The molecule has 9 nitrogen and oxygen atoms in total. The predicted octanol–water partition coefficient (Wildman–Crippen LogP) is 2.67. The molecule has 1 saturated heterocycles. The minimum atomic E-state index is -3.77. The van der Waals surface area contributed by atoms with E-state index in [4.69, 9.17) is 0 Å². The highest BCUT2D eigenvalue weighted by molar-refractivity contribution is 7.89. The van der Waals surface area contributed by atoms with E-state index in [0.717, 1.165) is 22.5 Å². The minimum Gasteiger partial charge on any atom is -0.379 e.